The smallest absolute Gasteiger partial charge is 0.213 e. The van der Waals surface area contributed by atoms with Gasteiger partial charge in [0, 0.05) is 22.3 Å². The summed E-state index contributed by atoms with van der Waals surface area (Å²) >= 11 is 0. The Hall–Kier alpha value is -6.90. The van der Waals surface area contributed by atoms with E-state index in [1.165, 1.54) is 54.6 Å². The third kappa shape index (κ3) is 5.93. The van der Waals surface area contributed by atoms with E-state index in [9.17, 15) is 0 Å². The van der Waals surface area contributed by atoms with Crippen LogP contribution in [0.2, 0.25) is 0 Å². The van der Waals surface area contributed by atoms with Crippen molar-refractivity contribution in [1.29, 1.82) is 0 Å². The van der Waals surface area contributed by atoms with Crippen LogP contribution in [0, 0.1) is 0 Å². The van der Waals surface area contributed by atoms with Crippen molar-refractivity contribution in [3.63, 3.8) is 0 Å². The van der Waals surface area contributed by atoms with Crippen molar-refractivity contribution in [2.24, 2.45) is 0 Å². The Morgan fingerprint density at radius 1 is 0.564 bits per heavy atom. The van der Waals surface area contributed by atoms with Crippen LogP contribution in [0.3, 0.4) is 0 Å². The summed E-state index contributed by atoms with van der Waals surface area (Å²) in [6, 6.07) is 56.9. The molecule has 264 valence electrons. The number of allylic oxidation sites excluding steroid dienone is 3. The highest BCUT2D eigenvalue weighted by molar-refractivity contribution is 6.14. The Morgan fingerprint density at radius 3 is 1.85 bits per heavy atom. The van der Waals surface area contributed by atoms with E-state index in [0.29, 0.717) is 0 Å². The Bertz CT molecular complexity index is 2960. The van der Waals surface area contributed by atoms with Crippen LogP contribution in [-0.4, -0.2) is 0 Å². The van der Waals surface area contributed by atoms with Gasteiger partial charge in [0.2, 0.25) is 5.88 Å². The first-order chi connectivity index (χ1) is 27.2. The quantitative estimate of drug-likeness (QED) is 0.121. The highest BCUT2D eigenvalue weighted by Crippen LogP contribution is 2.46. The second kappa shape index (κ2) is 14.5. The van der Waals surface area contributed by atoms with Gasteiger partial charge in [-0.2, -0.15) is 0 Å². The first-order valence-corrected chi connectivity index (χ1v) is 19.2. The van der Waals surface area contributed by atoms with Crippen molar-refractivity contribution in [3.8, 4) is 22.3 Å². The van der Waals surface area contributed by atoms with E-state index >= 15 is 0 Å². The number of fused-ring (bicyclic) bond motifs is 7. The molecule has 2 heteroatoms. The number of hydrogen-bond donors (Lipinski definition) is 0. The van der Waals surface area contributed by atoms with Gasteiger partial charge in [0.25, 0.3) is 0 Å². The molecule has 0 fully saturated rings. The molecular formula is C53H41NO. The summed E-state index contributed by atoms with van der Waals surface area (Å²) < 4.78 is 6.85. The van der Waals surface area contributed by atoms with Gasteiger partial charge in [0.15, 0.2) is 0 Å². The molecule has 0 N–H and O–H groups in total. The molecule has 8 aromatic carbocycles. The van der Waals surface area contributed by atoms with Crippen molar-refractivity contribution in [2.75, 3.05) is 4.90 Å². The Morgan fingerprint density at radius 2 is 1.15 bits per heavy atom. The van der Waals surface area contributed by atoms with E-state index in [1.54, 1.807) is 0 Å². The molecule has 2 nitrogen and oxygen atoms in total. The number of rotatable bonds is 7. The van der Waals surface area contributed by atoms with Crippen molar-refractivity contribution >= 4 is 72.7 Å². The van der Waals surface area contributed by atoms with Crippen molar-refractivity contribution in [3.05, 3.63) is 199 Å². The topological polar surface area (TPSA) is 16.4 Å². The summed E-state index contributed by atoms with van der Waals surface area (Å²) in [6.45, 7) is 7.98. The van der Waals surface area contributed by atoms with Crippen LogP contribution in [0.1, 0.15) is 30.5 Å². The molecule has 9 aromatic rings. The third-order valence-electron chi connectivity index (χ3n) is 10.6. The van der Waals surface area contributed by atoms with E-state index in [1.807, 2.05) is 38.1 Å². The summed E-state index contributed by atoms with van der Waals surface area (Å²) in [5, 5.41) is 8.56. The normalized spacial score (nSPS) is 12.0. The molecular weight excluding hydrogens is 667 g/mol. The molecule has 1 aromatic heterocycles. The maximum Gasteiger partial charge on any atom is 0.213 e. The molecule has 1 aliphatic rings. The van der Waals surface area contributed by atoms with E-state index in [-0.39, 0.29) is 0 Å². The zero-order chi connectivity index (χ0) is 37.3. The van der Waals surface area contributed by atoms with Crippen LogP contribution in [0.25, 0.3) is 77.7 Å². The van der Waals surface area contributed by atoms with Crippen LogP contribution in [0.4, 0.5) is 17.3 Å². The van der Waals surface area contributed by atoms with Gasteiger partial charge in [-0.15, -0.1) is 0 Å². The van der Waals surface area contributed by atoms with Crippen molar-refractivity contribution < 1.29 is 4.42 Å². The van der Waals surface area contributed by atoms with E-state index in [2.05, 4.69) is 175 Å². The molecule has 1 heterocycles. The number of nitrogens with zero attached hydrogens (tertiary/aromatic N) is 1. The van der Waals surface area contributed by atoms with Gasteiger partial charge in [-0.05, 0) is 121 Å². The Balaban J connectivity index is 0.00000195. The Kier molecular flexibility index (Phi) is 8.94. The summed E-state index contributed by atoms with van der Waals surface area (Å²) in [5.41, 5.74) is 11.3. The van der Waals surface area contributed by atoms with Gasteiger partial charge in [0.1, 0.15) is 5.58 Å². The molecule has 10 rings (SSSR count). The van der Waals surface area contributed by atoms with Crippen LogP contribution in [0.5, 0.6) is 0 Å². The molecule has 0 amide bonds. The zero-order valence-corrected chi connectivity index (χ0v) is 31.2. The van der Waals surface area contributed by atoms with Crippen LogP contribution in [0.15, 0.2) is 187 Å². The third-order valence-corrected chi connectivity index (χ3v) is 10.6. The standard InChI is InChI=1S/C51H35NO.C2H6/c1-2-3-21-47-46-27-10-11-29-50(46)53-51(47)52(39-20-13-17-35(31-39)49-33-37-18-14-28-41(37)43-24-7-9-26-45(43)49)38-19-12-16-34(30-38)48-32-36-15-4-5-22-40(36)42-23-6-8-25-44(42)48;1-2/h2-17,19-33H,1,18H2;1-2H3/b21-3-;. The van der Waals surface area contributed by atoms with Gasteiger partial charge in [-0.1, -0.05) is 160 Å². The maximum absolute atomic E-state index is 6.85. The number of para-hydroxylation sites is 1. The molecule has 1 aliphatic carbocycles. The highest BCUT2D eigenvalue weighted by atomic mass is 16.4. The van der Waals surface area contributed by atoms with E-state index < -0.39 is 0 Å². The highest BCUT2D eigenvalue weighted by Gasteiger charge is 2.24. The number of anilines is 3. The van der Waals surface area contributed by atoms with Gasteiger partial charge in [-0.3, -0.25) is 4.90 Å². The van der Waals surface area contributed by atoms with Crippen LogP contribution >= 0.6 is 0 Å². The van der Waals surface area contributed by atoms with E-state index in [4.69, 9.17) is 4.42 Å². The lowest BCUT2D eigenvalue weighted by Gasteiger charge is -2.25. The van der Waals surface area contributed by atoms with E-state index in [0.717, 1.165) is 51.3 Å². The predicted molar refractivity (Wildman–Crippen MR) is 238 cm³/mol. The summed E-state index contributed by atoms with van der Waals surface area (Å²) in [7, 11) is 0. The fraction of sp³-hybridized carbons (Fsp3) is 0.0566. The Labute approximate surface area is 322 Å². The molecule has 0 bridgehead atoms. The number of hydrogen-bond acceptors (Lipinski definition) is 2. The fourth-order valence-electron chi connectivity index (χ4n) is 8.21. The van der Waals surface area contributed by atoms with Gasteiger partial charge in [-0.25, -0.2) is 0 Å². The summed E-state index contributed by atoms with van der Waals surface area (Å²) in [6.07, 6.45) is 11.4. The van der Waals surface area contributed by atoms with Crippen molar-refractivity contribution in [2.45, 2.75) is 20.3 Å². The van der Waals surface area contributed by atoms with Crippen LogP contribution < -0.4 is 4.90 Å². The first-order valence-electron chi connectivity index (χ1n) is 19.2. The minimum atomic E-state index is 0.755. The zero-order valence-electron chi connectivity index (χ0n) is 31.2. The largest absolute Gasteiger partial charge is 0.439 e. The van der Waals surface area contributed by atoms with Crippen LogP contribution in [-0.2, 0) is 6.42 Å². The number of furan rings is 1. The molecule has 0 saturated carbocycles. The van der Waals surface area contributed by atoms with Crippen molar-refractivity contribution in [1.82, 2.24) is 0 Å². The fourth-order valence-corrected chi connectivity index (χ4v) is 8.21. The average Bonchev–Trinajstić information content (AvgIpc) is 3.88. The molecule has 55 heavy (non-hydrogen) atoms. The van der Waals surface area contributed by atoms with Gasteiger partial charge < -0.3 is 4.42 Å². The molecule has 0 radical (unpaired) electrons. The minimum Gasteiger partial charge on any atom is -0.439 e. The lowest BCUT2D eigenvalue weighted by molar-refractivity contribution is 0.620. The number of benzene rings is 8. The molecule has 0 aliphatic heterocycles. The van der Waals surface area contributed by atoms with Gasteiger partial charge >= 0.3 is 0 Å². The molecule has 0 atom stereocenters. The first kappa shape index (κ1) is 33.9. The second-order valence-electron chi connectivity index (χ2n) is 13.7. The average molecular weight is 708 g/mol. The van der Waals surface area contributed by atoms with Gasteiger partial charge in [0.05, 0.1) is 0 Å². The molecule has 0 unspecified atom stereocenters. The predicted octanol–water partition coefficient (Wildman–Crippen LogP) is 15.5. The summed E-state index contributed by atoms with van der Waals surface area (Å²) in [5.74, 6) is 0.755. The second-order valence-corrected chi connectivity index (χ2v) is 13.7. The molecule has 0 saturated heterocycles. The lowest BCUT2D eigenvalue weighted by Crippen LogP contribution is -2.10. The molecule has 0 spiro atoms. The maximum atomic E-state index is 6.85. The lowest BCUT2D eigenvalue weighted by atomic mass is 9.92. The minimum absolute atomic E-state index is 0.755. The monoisotopic (exact) mass is 707 g/mol. The SMILES string of the molecule is C=C/C=C\c1c(N(c2cccc(-c3cc4c(c5ccccc35)C=CC4)c2)c2cccc(-c3cc4ccccc4c4ccccc34)c2)oc2ccccc12.CC. The summed E-state index contributed by atoms with van der Waals surface area (Å²) in [4.78, 5) is 2.27.